The van der Waals surface area contributed by atoms with Crippen molar-refractivity contribution in [1.29, 1.82) is 0 Å². The molecule has 1 aliphatic heterocycles. The van der Waals surface area contributed by atoms with Gasteiger partial charge in [0.05, 0.1) is 5.56 Å². The van der Waals surface area contributed by atoms with Crippen molar-refractivity contribution in [3.63, 3.8) is 0 Å². The lowest BCUT2D eigenvalue weighted by Crippen LogP contribution is -2.35. The summed E-state index contributed by atoms with van der Waals surface area (Å²) in [5, 5.41) is 0. The summed E-state index contributed by atoms with van der Waals surface area (Å²) in [6.45, 7) is 1.75. The van der Waals surface area contributed by atoms with E-state index in [9.17, 15) is 18.0 Å². The molecule has 2 amide bonds. The molecule has 6 heteroatoms. The van der Waals surface area contributed by atoms with Crippen LogP contribution in [-0.4, -0.2) is 24.5 Å². The highest BCUT2D eigenvalue weighted by molar-refractivity contribution is 7.90. The second-order valence-electron chi connectivity index (χ2n) is 3.71. The van der Waals surface area contributed by atoms with Crippen LogP contribution in [0.1, 0.15) is 30.1 Å². The molecule has 90 valence electrons. The van der Waals surface area contributed by atoms with E-state index >= 15 is 0 Å². The van der Waals surface area contributed by atoms with E-state index in [4.69, 9.17) is 0 Å². The number of imide groups is 1. The standard InChI is InChI=1S/C11H11NO4S/c1-2-5-10(13)12-11(14)8-6-3-4-7-9(8)17(12,15)16/h3-4,6-7H,2,5H2,1H3. The highest BCUT2D eigenvalue weighted by atomic mass is 32.2. The SMILES string of the molecule is CCCC(=O)N1C(=O)c2ccccc2S1(=O)=O. The molecule has 0 radical (unpaired) electrons. The van der Waals surface area contributed by atoms with Crippen LogP contribution in [0.4, 0.5) is 0 Å². The summed E-state index contributed by atoms with van der Waals surface area (Å²) in [4.78, 5) is 23.4. The van der Waals surface area contributed by atoms with Crippen LogP contribution in [0.2, 0.25) is 0 Å². The Balaban J connectivity index is 2.55. The maximum Gasteiger partial charge on any atom is 0.276 e. The second-order valence-corrected chi connectivity index (χ2v) is 5.47. The highest BCUT2D eigenvalue weighted by Gasteiger charge is 2.44. The molecule has 5 nitrogen and oxygen atoms in total. The Hall–Kier alpha value is -1.69. The summed E-state index contributed by atoms with van der Waals surface area (Å²) in [7, 11) is -3.98. The molecule has 1 aromatic carbocycles. The van der Waals surface area contributed by atoms with E-state index in [0.29, 0.717) is 10.7 Å². The first-order valence-electron chi connectivity index (χ1n) is 5.21. The van der Waals surface area contributed by atoms with E-state index in [0.717, 1.165) is 0 Å². The Labute approximate surface area is 99.1 Å². The first-order chi connectivity index (χ1) is 8.00. The van der Waals surface area contributed by atoms with Crippen LogP contribution in [0.15, 0.2) is 29.2 Å². The molecule has 1 heterocycles. The van der Waals surface area contributed by atoms with Gasteiger partial charge in [-0.25, -0.2) is 8.42 Å². The van der Waals surface area contributed by atoms with Gasteiger partial charge in [-0.2, -0.15) is 4.31 Å². The van der Waals surface area contributed by atoms with Crippen LogP contribution in [0.25, 0.3) is 0 Å². The van der Waals surface area contributed by atoms with E-state index in [1.165, 1.54) is 18.2 Å². The van der Waals surface area contributed by atoms with Crippen molar-refractivity contribution in [2.24, 2.45) is 0 Å². The fraction of sp³-hybridized carbons (Fsp3) is 0.273. The summed E-state index contributed by atoms with van der Waals surface area (Å²) in [6.07, 6.45) is 0.535. The Morgan fingerprint density at radius 3 is 2.53 bits per heavy atom. The number of benzene rings is 1. The number of amides is 2. The Morgan fingerprint density at radius 1 is 1.29 bits per heavy atom. The third-order valence-corrected chi connectivity index (χ3v) is 4.27. The number of sulfonamides is 1. The zero-order valence-corrected chi connectivity index (χ0v) is 10.0. The smallest absolute Gasteiger partial charge is 0.273 e. The Morgan fingerprint density at radius 2 is 1.94 bits per heavy atom. The van der Waals surface area contributed by atoms with Gasteiger partial charge in [-0.3, -0.25) is 9.59 Å². The predicted molar refractivity (Wildman–Crippen MR) is 59.7 cm³/mol. The van der Waals surface area contributed by atoms with E-state index in [1.54, 1.807) is 13.0 Å². The highest BCUT2D eigenvalue weighted by Crippen LogP contribution is 2.30. The van der Waals surface area contributed by atoms with Gasteiger partial charge in [-0.15, -0.1) is 0 Å². The molecule has 0 N–H and O–H groups in total. The van der Waals surface area contributed by atoms with E-state index < -0.39 is 21.8 Å². The van der Waals surface area contributed by atoms with Gasteiger partial charge in [0.2, 0.25) is 5.91 Å². The fourth-order valence-corrected chi connectivity index (χ4v) is 3.30. The average Bonchev–Trinajstić information content (AvgIpc) is 2.48. The number of rotatable bonds is 2. The van der Waals surface area contributed by atoms with Gasteiger partial charge >= 0.3 is 0 Å². The molecule has 17 heavy (non-hydrogen) atoms. The minimum atomic E-state index is -3.98. The van der Waals surface area contributed by atoms with Crippen LogP contribution in [0.3, 0.4) is 0 Å². The summed E-state index contributed by atoms with van der Waals surface area (Å²) in [5.41, 5.74) is 0.0666. The summed E-state index contributed by atoms with van der Waals surface area (Å²) >= 11 is 0. The van der Waals surface area contributed by atoms with Crippen LogP contribution < -0.4 is 0 Å². The number of fused-ring (bicyclic) bond motifs is 1. The lowest BCUT2D eigenvalue weighted by Gasteiger charge is -2.11. The van der Waals surface area contributed by atoms with Crippen molar-refractivity contribution in [2.45, 2.75) is 24.7 Å². The van der Waals surface area contributed by atoms with Crippen LogP contribution in [0, 0.1) is 0 Å². The Bertz CT molecular complexity index is 591. The number of nitrogens with zero attached hydrogens (tertiary/aromatic N) is 1. The third kappa shape index (κ3) is 1.64. The minimum absolute atomic E-state index is 0.0406. The number of carbonyl (C=O) groups excluding carboxylic acids is 2. The fourth-order valence-electron chi connectivity index (χ4n) is 1.75. The monoisotopic (exact) mass is 253 g/mol. The van der Waals surface area contributed by atoms with Crippen LogP contribution in [0.5, 0.6) is 0 Å². The third-order valence-electron chi connectivity index (χ3n) is 2.51. The zero-order chi connectivity index (χ0) is 12.6. The van der Waals surface area contributed by atoms with Gasteiger partial charge in [0.15, 0.2) is 0 Å². The molecule has 0 fully saturated rings. The molecule has 0 bridgehead atoms. The Kier molecular flexibility index (Phi) is 2.74. The predicted octanol–water partition coefficient (Wildman–Crippen LogP) is 1.16. The van der Waals surface area contributed by atoms with E-state index in [2.05, 4.69) is 0 Å². The second kappa shape index (κ2) is 3.96. The number of hydrogen-bond donors (Lipinski definition) is 0. The van der Waals surface area contributed by atoms with Gasteiger partial charge in [0, 0.05) is 6.42 Å². The van der Waals surface area contributed by atoms with Gasteiger partial charge in [0.1, 0.15) is 4.90 Å². The van der Waals surface area contributed by atoms with Crippen molar-refractivity contribution in [3.05, 3.63) is 29.8 Å². The molecule has 0 saturated carbocycles. The molecular weight excluding hydrogens is 242 g/mol. The van der Waals surface area contributed by atoms with Crippen molar-refractivity contribution >= 4 is 21.8 Å². The molecule has 1 aromatic rings. The largest absolute Gasteiger partial charge is 0.276 e. The zero-order valence-electron chi connectivity index (χ0n) is 9.21. The maximum atomic E-state index is 12.0. The maximum absolute atomic E-state index is 12.0. The first-order valence-corrected chi connectivity index (χ1v) is 6.65. The molecule has 0 spiro atoms. The molecule has 0 aliphatic carbocycles. The molecular formula is C11H11NO4S. The van der Waals surface area contributed by atoms with Crippen LogP contribution >= 0.6 is 0 Å². The molecule has 1 aliphatic rings. The van der Waals surface area contributed by atoms with Crippen molar-refractivity contribution in [1.82, 2.24) is 4.31 Å². The van der Waals surface area contributed by atoms with Gasteiger partial charge in [-0.1, -0.05) is 19.1 Å². The lowest BCUT2D eigenvalue weighted by molar-refractivity contribution is -0.124. The molecule has 0 aromatic heterocycles. The van der Waals surface area contributed by atoms with Gasteiger partial charge in [0.25, 0.3) is 15.9 Å². The quantitative estimate of drug-likeness (QED) is 0.792. The van der Waals surface area contributed by atoms with E-state index in [1.807, 2.05) is 0 Å². The minimum Gasteiger partial charge on any atom is -0.273 e. The van der Waals surface area contributed by atoms with Crippen molar-refractivity contribution < 1.29 is 18.0 Å². The molecule has 0 atom stereocenters. The lowest BCUT2D eigenvalue weighted by atomic mass is 10.2. The molecule has 2 rings (SSSR count). The van der Waals surface area contributed by atoms with Gasteiger partial charge < -0.3 is 0 Å². The summed E-state index contributed by atoms with van der Waals surface area (Å²) < 4.78 is 24.4. The average molecular weight is 253 g/mol. The first kappa shape index (κ1) is 11.8. The van der Waals surface area contributed by atoms with Crippen molar-refractivity contribution in [2.75, 3.05) is 0 Å². The topological polar surface area (TPSA) is 71.5 Å². The summed E-state index contributed by atoms with van der Waals surface area (Å²) in [6, 6.07) is 5.84. The molecule has 0 saturated heterocycles. The summed E-state index contributed by atoms with van der Waals surface area (Å²) in [5.74, 6) is -1.42. The van der Waals surface area contributed by atoms with Crippen molar-refractivity contribution in [3.8, 4) is 0 Å². The molecule has 0 unspecified atom stereocenters. The number of carbonyl (C=O) groups is 2. The number of hydrogen-bond acceptors (Lipinski definition) is 4. The normalized spacial score (nSPS) is 17.0. The van der Waals surface area contributed by atoms with E-state index in [-0.39, 0.29) is 16.9 Å². The van der Waals surface area contributed by atoms with Gasteiger partial charge in [-0.05, 0) is 18.6 Å². The van der Waals surface area contributed by atoms with Crippen LogP contribution in [-0.2, 0) is 14.8 Å².